The highest BCUT2D eigenvalue weighted by atomic mass is 32.1. The van der Waals surface area contributed by atoms with Crippen molar-refractivity contribution in [2.24, 2.45) is 0 Å². The number of amides is 2. The Morgan fingerprint density at radius 3 is 2.44 bits per heavy atom. The van der Waals surface area contributed by atoms with E-state index >= 15 is 0 Å². The monoisotopic (exact) mass is 459 g/mol. The summed E-state index contributed by atoms with van der Waals surface area (Å²) >= 11 is 6.62. The van der Waals surface area contributed by atoms with Crippen LogP contribution in [0.25, 0.3) is 6.08 Å². The molecule has 0 radical (unpaired) electrons. The zero-order valence-electron chi connectivity index (χ0n) is 17.9. The molecule has 2 aliphatic heterocycles. The Hall–Kier alpha value is -3.29. The minimum Gasteiger partial charge on any atom is -0.301 e. The first-order valence-electron chi connectivity index (χ1n) is 10.2. The normalized spacial score (nSPS) is 18.5. The number of hydrogen-bond acceptors (Lipinski definition) is 5. The molecular weight excluding hydrogens is 438 g/mol. The van der Waals surface area contributed by atoms with Gasteiger partial charge in [0.2, 0.25) is 0 Å². The predicted molar refractivity (Wildman–Crippen MR) is 133 cm³/mol. The molecular formula is C25H21N3O2S2. The number of para-hydroxylation sites is 2. The summed E-state index contributed by atoms with van der Waals surface area (Å²) in [5.74, 6) is -0.862. The van der Waals surface area contributed by atoms with Crippen LogP contribution in [0, 0.1) is 0 Å². The van der Waals surface area contributed by atoms with Crippen LogP contribution >= 0.6 is 23.6 Å². The SMILES string of the molecule is CN1C(=O)/C(=C/c2cc3c(s2)N(c2ccccc2)c2ccccc2C3(C)C)C(=O)NC1=S. The maximum atomic E-state index is 12.7. The number of thiocarbonyl (C=S) groups is 1. The minimum atomic E-state index is -0.466. The molecule has 1 aromatic heterocycles. The van der Waals surface area contributed by atoms with Crippen LogP contribution in [0.5, 0.6) is 0 Å². The molecule has 0 aliphatic carbocycles. The highest BCUT2D eigenvalue weighted by molar-refractivity contribution is 7.80. The molecule has 5 nitrogen and oxygen atoms in total. The number of rotatable bonds is 2. The predicted octanol–water partition coefficient (Wildman–Crippen LogP) is 5.11. The summed E-state index contributed by atoms with van der Waals surface area (Å²) < 4.78 is 0. The number of carbonyl (C=O) groups excluding carboxylic acids is 2. The Morgan fingerprint density at radius 2 is 1.69 bits per heavy atom. The van der Waals surface area contributed by atoms with Crippen molar-refractivity contribution in [2.75, 3.05) is 11.9 Å². The van der Waals surface area contributed by atoms with E-state index in [2.05, 4.69) is 66.5 Å². The number of thiophene rings is 1. The summed E-state index contributed by atoms with van der Waals surface area (Å²) in [5, 5.41) is 3.78. The third-order valence-electron chi connectivity index (χ3n) is 6.03. The van der Waals surface area contributed by atoms with Crippen molar-refractivity contribution in [2.45, 2.75) is 19.3 Å². The van der Waals surface area contributed by atoms with E-state index in [0.29, 0.717) is 0 Å². The Labute approximate surface area is 196 Å². The van der Waals surface area contributed by atoms with Crippen LogP contribution in [0.3, 0.4) is 0 Å². The Bertz CT molecular complexity index is 1310. The molecule has 1 saturated heterocycles. The molecule has 1 fully saturated rings. The number of hydrogen-bond donors (Lipinski definition) is 1. The molecule has 2 aromatic carbocycles. The van der Waals surface area contributed by atoms with Crippen molar-refractivity contribution < 1.29 is 9.59 Å². The van der Waals surface area contributed by atoms with E-state index in [-0.39, 0.29) is 16.1 Å². The number of benzene rings is 2. The van der Waals surface area contributed by atoms with Gasteiger partial charge in [0, 0.05) is 23.0 Å². The molecule has 0 bridgehead atoms. The highest BCUT2D eigenvalue weighted by Crippen LogP contribution is 2.55. The zero-order valence-corrected chi connectivity index (χ0v) is 19.5. The number of nitrogens with one attached hydrogen (secondary N) is 1. The number of likely N-dealkylation sites (N-methyl/N-ethyl adjacent to an activating group) is 1. The Kier molecular flexibility index (Phi) is 4.76. The second kappa shape index (κ2) is 7.39. The standard InChI is InChI=1S/C25H21N3O2S2/c1-25(2)18-11-7-8-12-20(18)28(15-9-5-4-6-10-15)23-19(25)14-16(32-23)13-17-21(29)26-24(31)27(3)22(17)30/h4-14H,1-3H3,(H,26,29,31)/b17-13+. The van der Waals surface area contributed by atoms with E-state index < -0.39 is 11.8 Å². The molecule has 7 heteroatoms. The molecule has 1 N–H and O–H groups in total. The van der Waals surface area contributed by atoms with E-state index in [9.17, 15) is 9.59 Å². The summed E-state index contributed by atoms with van der Waals surface area (Å²) in [5.41, 5.74) is 4.43. The smallest absolute Gasteiger partial charge is 0.265 e. The van der Waals surface area contributed by atoms with Crippen LogP contribution in [-0.2, 0) is 15.0 Å². The maximum absolute atomic E-state index is 12.7. The third-order valence-corrected chi connectivity index (χ3v) is 7.48. The van der Waals surface area contributed by atoms with Gasteiger partial charge in [-0.2, -0.15) is 0 Å². The van der Waals surface area contributed by atoms with E-state index in [4.69, 9.17) is 12.2 Å². The van der Waals surface area contributed by atoms with Crippen molar-refractivity contribution in [1.82, 2.24) is 10.2 Å². The van der Waals surface area contributed by atoms with Gasteiger partial charge in [0.1, 0.15) is 10.6 Å². The van der Waals surface area contributed by atoms with Crippen LogP contribution in [0.4, 0.5) is 16.4 Å². The first kappa shape index (κ1) is 20.6. The van der Waals surface area contributed by atoms with E-state index in [0.717, 1.165) is 26.8 Å². The fourth-order valence-corrected chi connectivity index (χ4v) is 5.73. The van der Waals surface area contributed by atoms with Gasteiger partial charge in [-0.15, -0.1) is 11.3 Å². The minimum absolute atomic E-state index is 0.0845. The molecule has 160 valence electrons. The topological polar surface area (TPSA) is 52.7 Å². The second-order valence-corrected chi connectivity index (χ2v) is 9.81. The van der Waals surface area contributed by atoms with Crippen molar-refractivity contribution in [3.63, 3.8) is 0 Å². The van der Waals surface area contributed by atoms with Crippen LogP contribution < -0.4 is 10.2 Å². The molecule has 2 aliphatic rings. The molecule has 0 saturated carbocycles. The number of nitrogens with zero attached hydrogens (tertiary/aromatic N) is 2. The lowest BCUT2D eigenvalue weighted by Crippen LogP contribution is -2.52. The van der Waals surface area contributed by atoms with E-state index in [1.54, 1.807) is 24.5 Å². The maximum Gasteiger partial charge on any atom is 0.265 e. The summed E-state index contributed by atoms with van der Waals surface area (Å²) in [6.07, 6.45) is 1.67. The molecule has 0 spiro atoms. The van der Waals surface area contributed by atoms with Crippen molar-refractivity contribution in [1.29, 1.82) is 0 Å². The first-order valence-corrected chi connectivity index (χ1v) is 11.5. The molecule has 3 aromatic rings. The lowest BCUT2D eigenvalue weighted by molar-refractivity contribution is -0.128. The molecule has 3 heterocycles. The Morgan fingerprint density at radius 1 is 1.00 bits per heavy atom. The van der Waals surface area contributed by atoms with E-state index in [1.165, 1.54) is 10.5 Å². The molecule has 2 amide bonds. The summed E-state index contributed by atoms with van der Waals surface area (Å²) in [6, 6.07) is 20.7. The van der Waals surface area contributed by atoms with Crippen LogP contribution in [-0.4, -0.2) is 28.9 Å². The molecule has 5 rings (SSSR count). The van der Waals surface area contributed by atoms with Crippen molar-refractivity contribution in [3.05, 3.63) is 82.2 Å². The van der Waals surface area contributed by atoms with Gasteiger partial charge in [-0.05, 0) is 53.7 Å². The van der Waals surface area contributed by atoms with Crippen molar-refractivity contribution in [3.8, 4) is 0 Å². The summed E-state index contributed by atoms with van der Waals surface area (Å²) in [4.78, 5) is 29.6. The van der Waals surface area contributed by atoms with Gasteiger partial charge in [-0.25, -0.2) is 0 Å². The van der Waals surface area contributed by atoms with Gasteiger partial charge in [0.05, 0.1) is 5.69 Å². The van der Waals surface area contributed by atoms with Crippen LogP contribution in [0.15, 0.2) is 66.2 Å². The fourth-order valence-electron chi connectivity index (χ4n) is 4.26. The van der Waals surface area contributed by atoms with Gasteiger partial charge >= 0.3 is 0 Å². The summed E-state index contributed by atoms with van der Waals surface area (Å²) in [6.45, 7) is 4.42. The van der Waals surface area contributed by atoms with Gasteiger partial charge in [-0.3, -0.25) is 19.8 Å². The largest absolute Gasteiger partial charge is 0.301 e. The van der Waals surface area contributed by atoms with Gasteiger partial charge < -0.3 is 4.90 Å². The first-order chi connectivity index (χ1) is 15.3. The van der Waals surface area contributed by atoms with Crippen molar-refractivity contribution >= 4 is 62.9 Å². The number of fused-ring (bicyclic) bond motifs is 2. The quantitative estimate of drug-likeness (QED) is 0.329. The van der Waals surface area contributed by atoms with Gasteiger partial charge in [0.15, 0.2) is 5.11 Å². The summed E-state index contributed by atoms with van der Waals surface area (Å²) in [7, 11) is 1.56. The zero-order chi connectivity index (χ0) is 22.6. The average Bonchev–Trinajstić information content (AvgIpc) is 3.21. The number of carbonyl (C=O) groups is 2. The lowest BCUT2D eigenvalue weighted by Gasteiger charge is -2.39. The number of anilines is 3. The molecule has 0 unspecified atom stereocenters. The van der Waals surface area contributed by atoms with Gasteiger partial charge in [-0.1, -0.05) is 50.2 Å². The molecule has 0 atom stereocenters. The highest BCUT2D eigenvalue weighted by Gasteiger charge is 2.39. The average molecular weight is 460 g/mol. The lowest BCUT2D eigenvalue weighted by atomic mass is 9.75. The van der Waals surface area contributed by atoms with Crippen LogP contribution in [0.1, 0.15) is 29.9 Å². The van der Waals surface area contributed by atoms with Gasteiger partial charge in [0.25, 0.3) is 11.8 Å². The van der Waals surface area contributed by atoms with Crippen LogP contribution in [0.2, 0.25) is 0 Å². The second-order valence-electron chi connectivity index (χ2n) is 8.36. The Balaban J connectivity index is 1.69. The van der Waals surface area contributed by atoms with E-state index in [1.807, 2.05) is 18.2 Å². The molecule has 32 heavy (non-hydrogen) atoms. The fraction of sp³-hybridized carbons (Fsp3) is 0.160. The third kappa shape index (κ3) is 3.08.